The van der Waals surface area contributed by atoms with Crippen molar-refractivity contribution in [2.45, 2.75) is 25.8 Å². The predicted octanol–water partition coefficient (Wildman–Crippen LogP) is 1.36. The minimum Gasteiger partial charge on any atom is -0.366 e. The standard InChI is InChI=1S/C15H23N3O/c16-15(19)14-7-2-1-6-13(14)12-17-8-5-11-18-9-3-4-10-18/h1-2,6-7,17H,3-5,8-12H2,(H2,16,19). The monoisotopic (exact) mass is 261 g/mol. The highest BCUT2D eigenvalue weighted by atomic mass is 16.1. The molecule has 4 heteroatoms. The smallest absolute Gasteiger partial charge is 0.249 e. The van der Waals surface area contributed by atoms with E-state index in [1.54, 1.807) is 6.07 Å². The second-order valence-electron chi connectivity index (χ2n) is 5.10. The Labute approximate surface area is 115 Å². The molecule has 0 bridgehead atoms. The minimum absolute atomic E-state index is 0.352. The molecule has 0 atom stereocenters. The Balaban J connectivity index is 1.69. The number of amides is 1. The van der Waals surface area contributed by atoms with Crippen LogP contribution in [-0.4, -0.2) is 37.0 Å². The fourth-order valence-corrected chi connectivity index (χ4v) is 2.57. The molecule has 0 aliphatic carbocycles. The number of benzene rings is 1. The molecule has 1 heterocycles. The van der Waals surface area contributed by atoms with Crippen LogP contribution in [0.1, 0.15) is 35.2 Å². The highest BCUT2D eigenvalue weighted by Crippen LogP contribution is 2.08. The van der Waals surface area contributed by atoms with Crippen molar-refractivity contribution in [1.82, 2.24) is 10.2 Å². The molecule has 2 rings (SSSR count). The van der Waals surface area contributed by atoms with Crippen LogP contribution in [0, 0.1) is 0 Å². The number of rotatable bonds is 7. The molecule has 0 radical (unpaired) electrons. The molecule has 104 valence electrons. The van der Waals surface area contributed by atoms with E-state index < -0.39 is 0 Å². The molecular formula is C15H23N3O. The normalized spacial score (nSPS) is 15.8. The van der Waals surface area contributed by atoms with Gasteiger partial charge in [-0.05, 0) is 57.1 Å². The number of nitrogens with two attached hydrogens (primary N) is 1. The summed E-state index contributed by atoms with van der Waals surface area (Å²) >= 11 is 0. The first kappa shape index (κ1) is 14.0. The van der Waals surface area contributed by atoms with E-state index in [0.717, 1.165) is 18.5 Å². The van der Waals surface area contributed by atoms with E-state index in [9.17, 15) is 4.79 Å². The molecule has 1 fully saturated rings. The van der Waals surface area contributed by atoms with Crippen molar-refractivity contribution < 1.29 is 4.79 Å². The SMILES string of the molecule is NC(=O)c1ccccc1CNCCCN1CCCC1. The molecule has 0 aromatic heterocycles. The van der Waals surface area contributed by atoms with Gasteiger partial charge in [-0.1, -0.05) is 18.2 Å². The average molecular weight is 261 g/mol. The van der Waals surface area contributed by atoms with Crippen molar-refractivity contribution in [2.75, 3.05) is 26.2 Å². The molecule has 1 aliphatic heterocycles. The van der Waals surface area contributed by atoms with Crippen molar-refractivity contribution in [3.05, 3.63) is 35.4 Å². The molecule has 19 heavy (non-hydrogen) atoms. The van der Waals surface area contributed by atoms with Gasteiger partial charge in [0.15, 0.2) is 0 Å². The summed E-state index contributed by atoms with van der Waals surface area (Å²) in [7, 11) is 0. The lowest BCUT2D eigenvalue weighted by Gasteiger charge is -2.14. The van der Waals surface area contributed by atoms with Gasteiger partial charge in [-0.3, -0.25) is 4.79 Å². The molecular weight excluding hydrogens is 238 g/mol. The fourth-order valence-electron chi connectivity index (χ4n) is 2.57. The second kappa shape index (κ2) is 7.26. The zero-order chi connectivity index (χ0) is 13.5. The number of likely N-dealkylation sites (tertiary alicyclic amines) is 1. The highest BCUT2D eigenvalue weighted by molar-refractivity contribution is 5.94. The summed E-state index contributed by atoms with van der Waals surface area (Å²) in [5, 5.41) is 3.39. The molecule has 1 aromatic carbocycles. The largest absolute Gasteiger partial charge is 0.366 e. The van der Waals surface area contributed by atoms with Gasteiger partial charge in [-0.25, -0.2) is 0 Å². The van der Waals surface area contributed by atoms with Crippen LogP contribution in [0.3, 0.4) is 0 Å². The summed E-state index contributed by atoms with van der Waals surface area (Å²) in [6.07, 6.45) is 3.84. The Hall–Kier alpha value is -1.39. The van der Waals surface area contributed by atoms with E-state index in [0.29, 0.717) is 12.1 Å². The quantitative estimate of drug-likeness (QED) is 0.729. The number of hydrogen-bond donors (Lipinski definition) is 2. The summed E-state index contributed by atoms with van der Waals surface area (Å²) < 4.78 is 0. The van der Waals surface area contributed by atoms with Crippen LogP contribution in [0.4, 0.5) is 0 Å². The molecule has 3 N–H and O–H groups in total. The van der Waals surface area contributed by atoms with Gasteiger partial charge in [0.2, 0.25) is 5.91 Å². The van der Waals surface area contributed by atoms with E-state index in [-0.39, 0.29) is 5.91 Å². The maximum absolute atomic E-state index is 11.3. The average Bonchev–Trinajstić information content (AvgIpc) is 2.92. The Morgan fingerprint density at radius 1 is 1.26 bits per heavy atom. The van der Waals surface area contributed by atoms with Gasteiger partial charge in [0, 0.05) is 12.1 Å². The first-order valence-electron chi connectivity index (χ1n) is 7.08. The summed E-state index contributed by atoms with van der Waals surface area (Å²) in [4.78, 5) is 13.8. The predicted molar refractivity (Wildman–Crippen MR) is 77.0 cm³/mol. The zero-order valence-electron chi connectivity index (χ0n) is 11.4. The Morgan fingerprint density at radius 3 is 2.74 bits per heavy atom. The number of primary amides is 1. The number of nitrogens with zero attached hydrogens (tertiary/aromatic N) is 1. The third-order valence-corrected chi connectivity index (χ3v) is 3.62. The highest BCUT2D eigenvalue weighted by Gasteiger charge is 2.10. The number of nitrogens with one attached hydrogen (secondary N) is 1. The van der Waals surface area contributed by atoms with Gasteiger partial charge >= 0.3 is 0 Å². The van der Waals surface area contributed by atoms with Crippen LogP contribution < -0.4 is 11.1 Å². The molecule has 1 aromatic rings. The van der Waals surface area contributed by atoms with Crippen LogP contribution in [0.15, 0.2) is 24.3 Å². The van der Waals surface area contributed by atoms with Crippen LogP contribution in [0.2, 0.25) is 0 Å². The number of carbonyl (C=O) groups excluding carboxylic acids is 1. The topological polar surface area (TPSA) is 58.4 Å². The van der Waals surface area contributed by atoms with Gasteiger partial charge in [0.05, 0.1) is 0 Å². The third kappa shape index (κ3) is 4.33. The minimum atomic E-state index is -0.352. The van der Waals surface area contributed by atoms with Crippen LogP contribution >= 0.6 is 0 Å². The lowest BCUT2D eigenvalue weighted by Crippen LogP contribution is -2.25. The van der Waals surface area contributed by atoms with Crippen molar-refractivity contribution in [2.24, 2.45) is 5.73 Å². The summed E-state index contributed by atoms with van der Waals surface area (Å²) in [5.41, 5.74) is 6.96. The maximum atomic E-state index is 11.3. The van der Waals surface area contributed by atoms with Crippen molar-refractivity contribution >= 4 is 5.91 Å². The van der Waals surface area contributed by atoms with Crippen LogP contribution in [0.25, 0.3) is 0 Å². The molecule has 1 saturated heterocycles. The van der Waals surface area contributed by atoms with Gasteiger partial charge in [-0.2, -0.15) is 0 Å². The maximum Gasteiger partial charge on any atom is 0.249 e. The van der Waals surface area contributed by atoms with E-state index in [2.05, 4.69) is 10.2 Å². The van der Waals surface area contributed by atoms with Crippen LogP contribution in [0.5, 0.6) is 0 Å². The third-order valence-electron chi connectivity index (χ3n) is 3.62. The van der Waals surface area contributed by atoms with E-state index in [1.165, 1.54) is 32.5 Å². The number of carbonyl (C=O) groups is 1. The summed E-state index contributed by atoms with van der Waals surface area (Å²) in [6, 6.07) is 7.52. The molecule has 0 spiro atoms. The van der Waals surface area contributed by atoms with Gasteiger partial charge in [-0.15, -0.1) is 0 Å². The molecule has 4 nitrogen and oxygen atoms in total. The molecule has 0 unspecified atom stereocenters. The first-order chi connectivity index (χ1) is 9.27. The lowest BCUT2D eigenvalue weighted by atomic mass is 10.1. The van der Waals surface area contributed by atoms with E-state index >= 15 is 0 Å². The Kier molecular flexibility index (Phi) is 5.36. The van der Waals surface area contributed by atoms with Crippen LogP contribution in [-0.2, 0) is 6.54 Å². The second-order valence-corrected chi connectivity index (χ2v) is 5.10. The molecule has 1 aliphatic rings. The summed E-state index contributed by atoms with van der Waals surface area (Å²) in [6.45, 7) is 5.36. The fraction of sp³-hybridized carbons (Fsp3) is 0.533. The van der Waals surface area contributed by atoms with Gasteiger partial charge < -0.3 is 16.0 Å². The lowest BCUT2D eigenvalue weighted by molar-refractivity contribution is 0.0999. The Bertz CT molecular complexity index is 414. The Morgan fingerprint density at radius 2 is 2.00 bits per heavy atom. The molecule has 0 saturated carbocycles. The number of hydrogen-bond acceptors (Lipinski definition) is 3. The van der Waals surface area contributed by atoms with Gasteiger partial charge in [0.25, 0.3) is 0 Å². The summed E-state index contributed by atoms with van der Waals surface area (Å²) in [5.74, 6) is -0.352. The van der Waals surface area contributed by atoms with Crippen molar-refractivity contribution in [1.29, 1.82) is 0 Å². The molecule has 1 amide bonds. The van der Waals surface area contributed by atoms with E-state index in [1.807, 2.05) is 18.2 Å². The first-order valence-corrected chi connectivity index (χ1v) is 7.08. The van der Waals surface area contributed by atoms with Crippen molar-refractivity contribution in [3.63, 3.8) is 0 Å². The zero-order valence-corrected chi connectivity index (χ0v) is 11.4. The van der Waals surface area contributed by atoms with E-state index in [4.69, 9.17) is 5.73 Å². The van der Waals surface area contributed by atoms with Crippen molar-refractivity contribution in [3.8, 4) is 0 Å². The van der Waals surface area contributed by atoms with Gasteiger partial charge in [0.1, 0.15) is 0 Å².